The maximum atomic E-state index is 9.50. The minimum absolute atomic E-state index is 0.187. The molecule has 1 heterocycles. The van der Waals surface area contributed by atoms with Crippen LogP contribution in [-0.4, -0.2) is 59.8 Å². The van der Waals surface area contributed by atoms with Gasteiger partial charge in [0.25, 0.3) is 0 Å². The van der Waals surface area contributed by atoms with E-state index in [1.54, 1.807) is 0 Å². The van der Waals surface area contributed by atoms with E-state index in [2.05, 4.69) is 30.7 Å². The van der Waals surface area contributed by atoms with Gasteiger partial charge in [0.1, 0.15) is 0 Å². The third kappa shape index (κ3) is 4.04. The summed E-state index contributed by atoms with van der Waals surface area (Å²) in [6.07, 6.45) is 3.15. The van der Waals surface area contributed by atoms with Gasteiger partial charge in [0.05, 0.1) is 6.10 Å². The largest absolute Gasteiger partial charge is 0.393 e. The summed E-state index contributed by atoms with van der Waals surface area (Å²) >= 11 is 0. The second kappa shape index (κ2) is 6.58. The fourth-order valence-corrected chi connectivity index (χ4v) is 2.83. The van der Waals surface area contributed by atoms with Crippen LogP contribution in [0.3, 0.4) is 0 Å². The normalized spacial score (nSPS) is 28.7. The van der Waals surface area contributed by atoms with Gasteiger partial charge in [0.15, 0.2) is 0 Å². The minimum atomic E-state index is -0.187. The van der Waals surface area contributed by atoms with Gasteiger partial charge in [-0.05, 0) is 53.2 Å². The van der Waals surface area contributed by atoms with Gasteiger partial charge in [0, 0.05) is 18.6 Å². The van der Waals surface area contributed by atoms with Gasteiger partial charge in [-0.25, -0.2) is 0 Å². The predicted octanol–water partition coefficient (Wildman–Crippen LogP) is 1.56. The van der Waals surface area contributed by atoms with E-state index < -0.39 is 0 Å². The molecule has 3 nitrogen and oxygen atoms in total. The minimum Gasteiger partial charge on any atom is -0.393 e. The predicted molar refractivity (Wildman–Crippen MR) is 68.7 cm³/mol. The first kappa shape index (κ1) is 13.9. The first-order chi connectivity index (χ1) is 7.54. The second-order valence-electron chi connectivity index (χ2n) is 5.35. The highest BCUT2D eigenvalue weighted by atomic mass is 16.3. The molecule has 0 bridgehead atoms. The maximum absolute atomic E-state index is 9.50. The summed E-state index contributed by atoms with van der Waals surface area (Å²) in [5.74, 6) is 0. The monoisotopic (exact) mass is 228 g/mol. The molecule has 16 heavy (non-hydrogen) atoms. The summed E-state index contributed by atoms with van der Waals surface area (Å²) in [5.41, 5.74) is 0. The highest BCUT2D eigenvalue weighted by molar-refractivity contribution is 4.82. The maximum Gasteiger partial charge on any atom is 0.0526 e. The van der Waals surface area contributed by atoms with Gasteiger partial charge in [0.2, 0.25) is 0 Å². The molecule has 0 aromatic rings. The van der Waals surface area contributed by atoms with E-state index in [9.17, 15) is 5.11 Å². The number of aliphatic hydroxyl groups is 1. The molecule has 0 amide bonds. The van der Waals surface area contributed by atoms with Gasteiger partial charge in [-0.1, -0.05) is 6.92 Å². The Morgan fingerprint density at radius 2 is 2.00 bits per heavy atom. The average Bonchev–Trinajstić information content (AvgIpc) is 2.38. The average molecular weight is 228 g/mol. The highest BCUT2D eigenvalue weighted by Gasteiger charge is 2.26. The summed E-state index contributed by atoms with van der Waals surface area (Å²) in [6.45, 7) is 9.96. The van der Waals surface area contributed by atoms with Gasteiger partial charge >= 0.3 is 0 Å². The highest BCUT2D eigenvalue weighted by Crippen LogP contribution is 2.17. The molecular weight excluding hydrogens is 200 g/mol. The Morgan fingerprint density at radius 3 is 2.56 bits per heavy atom. The Hall–Kier alpha value is -0.120. The van der Waals surface area contributed by atoms with Crippen LogP contribution in [-0.2, 0) is 0 Å². The van der Waals surface area contributed by atoms with Crippen molar-refractivity contribution in [2.24, 2.45) is 0 Å². The summed E-state index contributed by atoms with van der Waals surface area (Å²) < 4.78 is 0. The van der Waals surface area contributed by atoms with Gasteiger partial charge in [-0.2, -0.15) is 0 Å². The van der Waals surface area contributed by atoms with Crippen LogP contribution in [0.5, 0.6) is 0 Å². The molecule has 1 saturated heterocycles. The molecule has 1 rings (SSSR count). The van der Waals surface area contributed by atoms with E-state index in [4.69, 9.17) is 0 Å². The number of hydrogen-bond donors (Lipinski definition) is 1. The molecule has 1 fully saturated rings. The second-order valence-corrected chi connectivity index (χ2v) is 5.35. The molecule has 0 saturated carbocycles. The molecular formula is C13H28N2O. The first-order valence-corrected chi connectivity index (χ1v) is 6.67. The van der Waals surface area contributed by atoms with Crippen molar-refractivity contribution in [3.8, 4) is 0 Å². The fourth-order valence-electron chi connectivity index (χ4n) is 2.83. The van der Waals surface area contributed by atoms with Crippen LogP contribution in [0.2, 0.25) is 0 Å². The van der Waals surface area contributed by atoms with Crippen molar-refractivity contribution < 1.29 is 5.11 Å². The lowest BCUT2D eigenvalue weighted by atomic mass is 10.1. The Labute approximate surface area is 100 Å². The van der Waals surface area contributed by atoms with Crippen molar-refractivity contribution in [3.05, 3.63) is 0 Å². The summed E-state index contributed by atoms with van der Waals surface area (Å²) in [6, 6.07) is 1.15. The summed E-state index contributed by atoms with van der Waals surface area (Å²) in [4.78, 5) is 5.03. The number of hydrogen-bond acceptors (Lipinski definition) is 3. The number of nitrogens with zero attached hydrogens (tertiary/aromatic N) is 2. The first-order valence-electron chi connectivity index (χ1n) is 6.67. The van der Waals surface area contributed by atoms with Crippen molar-refractivity contribution in [3.63, 3.8) is 0 Å². The third-order valence-corrected chi connectivity index (χ3v) is 3.67. The molecule has 0 aromatic heterocycles. The Bertz CT molecular complexity index is 196. The molecule has 0 radical (unpaired) electrons. The van der Waals surface area contributed by atoms with Crippen LogP contribution in [0, 0.1) is 0 Å². The van der Waals surface area contributed by atoms with Gasteiger partial charge < -0.3 is 10.0 Å². The number of likely N-dealkylation sites (N-methyl/N-ethyl adjacent to an activating group) is 1. The van der Waals surface area contributed by atoms with Crippen molar-refractivity contribution in [2.75, 3.05) is 26.7 Å². The topological polar surface area (TPSA) is 26.7 Å². The van der Waals surface area contributed by atoms with E-state index in [-0.39, 0.29) is 6.10 Å². The van der Waals surface area contributed by atoms with Crippen LogP contribution in [0.4, 0.5) is 0 Å². The lowest BCUT2D eigenvalue weighted by molar-refractivity contribution is 0.0881. The number of aliphatic hydroxyl groups excluding tert-OH is 1. The zero-order valence-electron chi connectivity index (χ0n) is 11.3. The molecule has 1 aliphatic rings. The summed E-state index contributed by atoms with van der Waals surface area (Å²) in [5, 5.41) is 9.50. The van der Waals surface area contributed by atoms with E-state index in [1.165, 1.54) is 32.5 Å². The smallest absolute Gasteiger partial charge is 0.0526 e. The lowest BCUT2D eigenvalue weighted by Gasteiger charge is -2.35. The zero-order valence-corrected chi connectivity index (χ0v) is 11.3. The van der Waals surface area contributed by atoms with Gasteiger partial charge in [-0.15, -0.1) is 0 Å². The molecule has 1 aliphatic heterocycles. The molecule has 1 N–H and O–H groups in total. The molecule has 3 atom stereocenters. The van der Waals surface area contributed by atoms with Gasteiger partial charge in [-0.3, -0.25) is 4.90 Å². The molecule has 0 spiro atoms. The molecule has 0 aliphatic carbocycles. The zero-order chi connectivity index (χ0) is 12.1. The van der Waals surface area contributed by atoms with Crippen molar-refractivity contribution in [1.82, 2.24) is 9.80 Å². The van der Waals surface area contributed by atoms with Crippen molar-refractivity contribution in [2.45, 2.75) is 58.2 Å². The van der Waals surface area contributed by atoms with Crippen LogP contribution in [0.15, 0.2) is 0 Å². The fraction of sp³-hybridized carbons (Fsp3) is 1.00. The number of rotatable bonds is 4. The van der Waals surface area contributed by atoms with E-state index in [1.807, 2.05) is 6.92 Å². The summed E-state index contributed by atoms with van der Waals surface area (Å²) in [7, 11) is 2.21. The van der Waals surface area contributed by atoms with E-state index in [0.29, 0.717) is 12.1 Å². The van der Waals surface area contributed by atoms with Crippen LogP contribution in [0.1, 0.15) is 40.0 Å². The van der Waals surface area contributed by atoms with Crippen LogP contribution >= 0.6 is 0 Å². The standard InChI is InChI=1S/C13H28N2O/c1-5-13-10-14(4)7-6-8-15(13)11(2)9-12(3)16/h11-13,16H,5-10H2,1-4H3. The molecule has 0 aromatic carbocycles. The Kier molecular flexibility index (Phi) is 5.73. The van der Waals surface area contributed by atoms with Crippen molar-refractivity contribution >= 4 is 0 Å². The van der Waals surface area contributed by atoms with E-state index >= 15 is 0 Å². The van der Waals surface area contributed by atoms with Crippen molar-refractivity contribution in [1.29, 1.82) is 0 Å². The van der Waals surface area contributed by atoms with E-state index in [0.717, 1.165) is 6.42 Å². The third-order valence-electron chi connectivity index (χ3n) is 3.67. The van der Waals surface area contributed by atoms with Crippen LogP contribution < -0.4 is 0 Å². The Balaban J connectivity index is 2.59. The lowest BCUT2D eigenvalue weighted by Crippen LogP contribution is -2.45. The Morgan fingerprint density at radius 1 is 1.31 bits per heavy atom. The SMILES string of the molecule is CCC1CN(C)CCCN1C(C)CC(C)O. The quantitative estimate of drug-likeness (QED) is 0.791. The van der Waals surface area contributed by atoms with Crippen LogP contribution in [0.25, 0.3) is 0 Å². The molecule has 3 unspecified atom stereocenters. The molecule has 3 heteroatoms. The molecule has 96 valence electrons.